The molecule has 0 bridgehead atoms. The molecule has 5 heteroatoms. The molecule has 1 aromatic carbocycles. The summed E-state index contributed by atoms with van der Waals surface area (Å²) in [7, 11) is 0. The highest BCUT2D eigenvalue weighted by Crippen LogP contribution is 2.23. The highest BCUT2D eigenvalue weighted by molar-refractivity contribution is 5.79. The molecule has 1 saturated heterocycles. The van der Waals surface area contributed by atoms with Gasteiger partial charge in [0.05, 0.1) is 6.42 Å². The molecular formula is C14H18F2N2O. The first-order valence-electron chi connectivity index (χ1n) is 6.45. The molecule has 1 amide bonds. The molecule has 1 aliphatic rings. The van der Waals surface area contributed by atoms with Crippen LogP contribution in [0.1, 0.15) is 18.9 Å². The maximum absolute atomic E-state index is 13.5. The Hall–Kier alpha value is -1.49. The maximum atomic E-state index is 13.5. The normalized spacial score (nSPS) is 22.8. The van der Waals surface area contributed by atoms with E-state index < -0.39 is 11.6 Å². The van der Waals surface area contributed by atoms with E-state index in [2.05, 4.69) is 0 Å². The Morgan fingerprint density at radius 1 is 1.42 bits per heavy atom. The van der Waals surface area contributed by atoms with Crippen LogP contribution in [0.3, 0.4) is 0 Å². The van der Waals surface area contributed by atoms with Crippen LogP contribution in [0.4, 0.5) is 8.78 Å². The van der Waals surface area contributed by atoms with Gasteiger partial charge in [0.25, 0.3) is 0 Å². The first kappa shape index (κ1) is 13.9. The summed E-state index contributed by atoms with van der Waals surface area (Å²) in [6.45, 7) is 3.04. The van der Waals surface area contributed by atoms with Crippen LogP contribution in [0.25, 0.3) is 0 Å². The van der Waals surface area contributed by atoms with Crippen LogP contribution in [-0.2, 0) is 11.2 Å². The van der Waals surface area contributed by atoms with Gasteiger partial charge in [0.15, 0.2) is 0 Å². The smallest absolute Gasteiger partial charge is 0.227 e. The van der Waals surface area contributed by atoms with Crippen LogP contribution in [0.5, 0.6) is 0 Å². The summed E-state index contributed by atoms with van der Waals surface area (Å²) in [5.41, 5.74) is 5.44. The van der Waals surface area contributed by atoms with Crippen molar-refractivity contribution in [2.24, 2.45) is 11.7 Å². The fourth-order valence-corrected chi connectivity index (χ4v) is 2.61. The minimum Gasteiger partial charge on any atom is -0.339 e. The van der Waals surface area contributed by atoms with Gasteiger partial charge in [0.1, 0.15) is 11.6 Å². The second-order valence-corrected chi connectivity index (χ2v) is 5.11. The lowest BCUT2D eigenvalue weighted by atomic mass is 10.1. The van der Waals surface area contributed by atoms with Gasteiger partial charge >= 0.3 is 0 Å². The Bertz CT molecular complexity index is 458. The number of likely N-dealkylation sites (tertiary alicyclic amines) is 1. The zero-order valence-corrected chi connectivity index (χ0v) is 10.9. The molecule has 1 aliphatic heterocycles. The van der Waals surface area contributed by atoms with Crippen molar-refractivity contribution in [1.82, 2.24) is 4.90 Å². The number of hydrogen-bond donors (Lipinski definition) is 1. The number of nitrogens with zero attached hydrogens (tertiary/aromatic N) is 1. The second-order valence-electron chi connectivity index (χ2n) is 5.11. The Morgan fingerprint density at radius 2 is 2.05 bits per heavy atom. The van der Waals surface area contributed by atoms with Crippen LogP contribution in [0, 0.1) is 17.6 Å². The molecule has 3 nitrogen and oxygen atoms in total. The van der Waals surface area contributed by atoms with Crippen LogP contribution in [0.2, 0.25) is 0 Å². The van der Waals surface area contributed by atoms with E-state index in [-0.39, 0.29) is 29.9 Å². The van der Waals surface area contributed by atoms with Crippen LogP contribution in [-0.4, -0.2) is 29.9 Å². The van der Waals surface area contributed by atoms with E-state index in [1.54, 1.807) is 4.90 Å². The van der Waals surface area contributed by atoms with Gasteiger partial charge in [-0.05, 0) is 37.9 Å². The number of hydrogen-bond acceptors (Lipinski definition) is 2. The van der Waals surface area contributed by atoms with E-state index in [0.29, 0.717) is 13.1 Å². The minimum atomic E-state index is -0.671. The first-order chi connectivity index (χ1) is 9.02. The molecule has 19 heavy (non-hydrogen) atoms. The molecule has 2 N–H and O–H groups in total. The van der Waals surface area contributed by atoms with Crippen molar-refractivity contribution in [3.8, 4) is 0 Å². The van der Waals surface area contributed by atoms with E-state index in [9.17, 15) is 13.6 Å². The summed E-state index contributed by atoms with van der Waals surface area (Å²) in [6, 6.07) is 3.71. The van der Waals surface area contributed by atoms with E-state index in [4.69, 9.17) is 5.73 Å². The third kappa shape index (κ3) is 2.92. The van der Waals surface area contributed by atoms with Crippen molar-refractivity contribution in [1.29, 1.82) is 0 Å². The van der Waals surface area contributed by atoms with E-state index >= 15 is 0 Å². The average Bonchev–Trinajstić information content (AvgIpc) is 2.75. The fourth-order valence-electron chi connectivity index (χ4n) is 2.61. The van der Waals surface area contributed by atoms with Crippen molar-refractivity contribution < 1.29 is 13.6 Å². The second kappa shape index (κ2) is 5.65. The first-order valence-corrected chi connectivity index (χ1v) is 6.45. The van der Waals surface area contributed by atoms with Gasteiger partial charge in [-0.25, -0.2) is 8.78 Å². The molecule has 0 aliphatic carbocycles. The van der Waals surface area contributed by atoms with Crippen LogP contribution < -0.4 is 5.73 Å². The third-order valence-electron chi connectivity index (χ3n) is 3.70. The summed E-state index contributed by atoms with van der Waals surface area (Å²) in [4.78, 5) is 13.8. The van der Waals surface area contributed by atoms with Crippen molar-refractivity contribution >= 4 is 5.91 Å². The molecule has 0 aromatic heterocycles. The summed E-state index contributed by atoms with van der Waals surface area (Å²) in [5, 5.41) is 0. The molecule has 2 unspecified atom stereocenters. The molecule has 2 atom stereocenters. The summed E-state index contributed by atoms with van der Waals surface area (Å²) in [6.07, 6.45) is 0.613. The monoisotopic (exact) mass is 268 g/mol. The molecule has 1 heterocycles. The molecule has 1 fully saturated rings. The standard InChI is InChI=1S/C14H18F2N2O/c1-9-5-10(7-17)8-18(9)14(19)6-11-12(15)3-2-4-13(11)16/h2-4,9-10H,5-8,17H2,1H3. The van der Waals surface area contributed by atoms with E-state index in [0.717, 1.165) is 6.42 Å². The van der Waals surface area contributed by atoms with Gasteiger partial charge in [0, 0.05) is 18.2 Å². The number of carbonyl (C=O) groups is 1. The molecule has 1 aromatic rings. The van der Waals surface area contributed by atoms with E-state index in [1.165, 1.54) is 18.2 Å². The van der Waals surface area contributed by atoms with Gasteiger partial charge in [-0.15, -0.1) is 0 Å². The zero-order chi connectivity index (χ0) is 14.0. The van der Waals surface area contributed by atoms with Gasteiger partial charge < -0.3 is 10.6 Å². The number of halogens is 2. The van der Waals surface area contributed by atoms with Crippen LogP contribution >= 0.6 is 0 Å². The summed E-state index contributed by atoms with van der Waals surface area (Å²) < 4.78 is 27.0. The van der Waals surface area contributed by atoms with Gasteiger partial charge in [-0.2, -0.15) is 0 Å². The Balaban J connectivity index is 2.09. The predicted molar refractivity (Wildman–Crippen MR) is 68.4 cm³/mol. The number of rotatable bonds is 3. The molecule has 104 valence electrons. The highest BCUT2D eigenvalue weighted by Gasteiger charge is 2.32. The lowest BCUT2D eigenvalue weighted by molar-refractivity contribution is -0.131. The van der Waals surface area contributed by atoms with Gasteiger partial charge in [0.2, 0.25) is 5.91 Å². The molecule has 2 rings (SSSR count). The fraction of sp³-hybridized carbons (Fsp3) is 0.500. The van der Waals surface area contributed by atoms with Crippen molar-refractivity contribution in [3.63, 3.8) is 0 Å². The molecule has 0 spiro atoms. The predicted octanol–water partition coefficient (Wildman–Crippen LogP) is 1.70. The highest BCUT2D eigenvalue weighted by atomic mass is 19.1. The van der Waals surface area contributed by atoms with Crippen molar-refractivity contribution in [2.75, 3.05) is 13.1 Å². The van der Waals surface area contributed by atoms with Crippen molar-refractivity contribution in [2.45, 2.75) is 25.8 Å². The topological polar surface area (TPSA) is 46.3 Å². The Kier molecular flexibility index (Phi) is 4.14. The number of amides is 1. The Labute approximate surface area is 111 Å². The lowest BCUT2D eigenvalue weighted by Gasteiger charge is -2.21. The summed E-state index contributed by atoms with van der Waals surface area (Å²) in [5.74, 6) is -1.30. The van der Waals surface area contributed by atoms with Crippen molar-refractivity contribution in [3.05, 3.63) is 35.4 Å². The number of benzene rings is 1. The Morgan fingerprint density at radius 3 is 2.58 bits per heavy atom. The summed E-state index contributed by atoms with van der Waals surface area (Å²) >= 11 is 0. The van der Waals surface area contributed by atoms with Gasteiger partial charge in [-0.1, -0.05) is 6.07 Å². The molecule has 0 radical (unpaired) electrons. The third-order valence-corrected chi connectivity index (χ3v) is 3.70. The SMILES string of the molecule is CC1CC(CN)CN1C(=O)Cc1c(F)cccc1F. The maximum Gasteiger partial charge on any atom is 0.227 e. The average molecular weight is 268 g/mol. The van der Waals surface area contributed by atoms with Crippen LogP contribution in [0.15, 0.2) is 18.2 Å². The largest absolute Gasteiger partial charge is 0.339 e. The minimum absolute atomic E-state index is 0.0795. The quantitative estimate of drug-likeness (QED) is 0.907. The molecule has 0 saturated carbocycles. The number of nitrogens with two attached hydrogens (primary N) is 1. The zero-order valence-electron chi connectivity index (χ0n) is 10.9. The van der Waals surface area contributed by atoms with E-state index in [1.807, 2.05) is 6.92 Å². The molecular weight excluding hydrogens is 250 g/mol. The van der Waals surface area contributed by atoms with Gasteiger partial charge in [-0.3, -0.25) is 4.79 Å². The lowest BCUT2D eigenvalue weighted by Crippen LogP contribution is -2.35. The number of carbonyl (C=O) groups excluding carboxylic acids is 1.